The predicted molar refractivity (Wildman–Crippen MR) is 50.7 cm³/mol. The average molecular weight is 187 g/mol. The third-order valence-corrected chi connectivity index (χ3v) is 1.89. The smallest absolute Gasteiger partial charge is 0.269 e. The number of hydrogen-bond acceptors (Lipinski definition) is 3. The maximum absolute atomic E-state index is 10.5. The summed E-state index contributed by atoms with van der Waals surface area (Å²) >= 11 is 0. The van der Waals surface area contributed by atoms with E-state index in [0.717, 1.165) is 0 Å². The van der Waals surface area contributed by atoms with E-state index in [9.17, 15) is 10.1 Å². The van der Waals surface area contributed by atoms with Gasteiger partial charge in [-0.2, -0.15) is 5.10 Å². The Hall–Kier alpha value is -2.35. The lowest BCUT2D eigenvalue weighted by atomic mass is 10.2. The minimum absolute atomic E-state index is 0.00963. The van der Waals surface area contributed by atoms with Gasteiger partial charge in [-0.05, 0) is 6.07 Å². The number of benzene rings is 1. The molecule has 0 bridgehead atoms. The van der Waals surface area contributed by atoms with Gasteiger partial charge in [-0.1, -0.05) is 5.92 Å². The van der Waals surface area contributed by atoms with Crippen LogP contribution in [0.2, 0.25) is 0 Å². The largest absolute Gasteiger partial charge is 0.270 e. The fourth-order valence-corrected chi connectivity index (χ4v) is 1.22. The summed E-state index contributed by atoms with van der Waals surface area (Å²) in [6.45, 7) is 0. The Bertz CT molecular complexity index is 551. The van der Waals surface area contributed by atoms with E-state index in [-0.39, 0.29) is 5.69 Å². The van der Waals surface area contributed by atoms with Crippen molar-refractivity contribution in [3.05, 3.63) is 34.0 Å². The van der Waals surface area contributed by atoms with Crippen LogP contribution in [0.4, 0.5) is 5.69 Å². The monoisotopic (exact) mass is 187 g/mol. The van der Waals surface area contributed by atoms with E-state index in [1.807, 2.05) is 0 Å². The number of nitrogens with one attached hydrogen (secondary N) is 1. The van der Waals surface area contributed by atoms with Gasteiger partial charge in [-0.25, -0.2) is 0 Å². The quantitative estimate of drug-likeness (QED) is 0.417. The number of non-ortho nitro benzene ring substituents is 1. The third-order valence-electron chi connectivity index (χ3n) is 1.89. The summed E-state index contributed by atoms with van der Waals surface area (Å²) < 4.78 is 0. The molecule has 0 saturated carbocycles. The molecule has 0 fully saturated rings. The van der Waals surface area contributed by atoms with E-state index < -0.39 is 4.92 Å². The van der Waals surface area contributed by atoms with Crippen LogP contribution in [0.1, 0.15) is 5.69 Å². The summed E-state index contributed by atoms with van der Waals surface area (Å²) in [6.07, 6.45) is 5.20. The van der Waals surface area contributed by atoms with Gasteiger partial charge in [0.1, 0.15) is 5.69 Å². The minimum atomic E-state index is -0.466. The van der Waals surface area contributed by atoms with E-state index in [2.05, 4.69) is 16.1 Å². The second-order valence-corrected chi connectivity index (χ2v) is 2.70. The van der Waals surface area contributed by atoms with Gasteiger partial charge in [0.2, 0.25) is 0 Å². The highest BCUT2D eigenvalue weighted by Crippen LogP contribution is 2.21. The molecule has 2 aromatic rings. The molecule has 2 rings (SSSR count). The van der Waals surface area contributed by atoms with Crippen LogP contribution in [-0.2, 0) is 0 Å². The summed E-state index contributed by atoms with van der Waals surface area (Å²) in [6, 6.07) is 4.36. The van der Waals surface area contributed by atoms with Crippen molar-refractivity contribution < 1.29 is 4.92 Å². The van der Waals surface area contributed by atoms with E-state index in [1.54, 1.807) is 6.07 Å². The first-order chi connectivity index (χ1) is 6.72. The van der Waals surface area contributed by atoms with Crippen molar-refractivity contribution in [2.75, 3.05) is 0 Å². The van der Waals surface area contributed by atoms with Gasteiger partial charge >= 0.3 is 0 Å². The maximum atomic E-state index is 10.5. The summed E-state index contributed by atoms with van der Waals surface area (Å²) in [5.74, 6) is 2.38. The zero-order chi connectivity index (χ0) is 10.1. The van der Waals surface area contributed by atoms with Crippen LogP contribution in [-0.4, -0.2) is 15.1 Å². The van der Waals surface area contributed by atoms with Gasteiger partial charge in [-0.3, -0.25) is 15.2 Å². The zero-order valence-corrected chi connectivity index (χ0v) is 7.02. The number of nitro benzene ring substituents is 1. The molecule has 1 aromatic heterocycles. The van der Waals surface area contributed by atoms with Gasteiger partial charge in [0.15, 0.2) is 0 Å². The lowest BCUT2D eigenvalue weighted by Crippen LogP contribution is -1.86. The second-order valence-electron chi connectivity index (χ2n) is 2.70. The fraction of sp³-hybridized carbons (Fsp3) is 0. The molecular formula is C9H5N3O2. The molecule has 0 aliphatic rings. The van der Waals surface area contributed by atoms with Crippen molar-refractivity contribution in [3.8, 4) is 12.3 Å². The predicted octanol–water partition coefficient (Wildman–Crippen LogP) is 1.45. The standard InChI is InChI=1S/C9H5N3O2/c1-2-8-7-5-6(12(13)14)3-4-9(7)11-10-8/h1,3-5H,(H,10,11). The number of rotatable bonds is 1. The summed E-state index contributed by atoms with van der Waals surface area (Å²) in [5.41, 5.74) is 1.10. The lowest BCUT2D eigenvalue weighted by molar-refractivity contribution is -0.384. The highest BCUT2D eigenvalue weighted by atomic mass is 16.6. The number of terminal acetylenes is 1. The van der Waals surface area contributed by atoms with Crippen molar-refractivity contribution in [1.82, 2.24) is 10.2 Å². The van der Waals surface area contributed by atoms with Gasteiger partial charge in [0, 0.05) is 17.5 Å². The molecule has 0 atom stereocenters. The van der Waals surface area contributed by atoms with Crippen molar-refractivity contribution in [1.29, 1.82) is 0 Å². The maximum Gasteiger partial charge on any atom is 0.270 e. The van der Waals surface area contributed by atoms with Crippen LogP contribution >= 0.6 is 0 Å². The molecule has 0 spiro atoms. The minimum Gasteiger partial charge on any atom is -0.269 e. The fourth-order valence-electron chi connectivity index (χ4n) is 1.22. The molecular weight excluding hydrogens is 182 g/mol. The topological polar surface area (TPSA) is 71.8 Å². The van der Waals surface area contributed by atoms with Crippen molar-refractivity contribution in [2.24, 2.45) is 0 Å². The van der Waals surface area contributed by atoms with Crippen LogP contribution in [0, 0.1) is 22.5 Å². The number of nitrogens with zero attached hydrogens (tertiary/aromatic N) is 2. The Morgan fingerprint density at radius 3 is 3.00 bits per heavy atom. The number of fused-ring (bicyclic) bond motifs is 1. The van der Waals surface area contributed by atoms with Gasteiger partial charge in [0.25, 0.3) is 5.69 Å². The van der Waals surface area contributed by atoms with Crippen LogP contribution in [0.5, 0.6) is 0 Å². The Morgan fingerprint density at radius 1 is 1.57 bits per heavy atom. The zero-order valence-electron chi connectivity index (χ0n) is 7.02. The average Bonchev–Trinajstić information content (AvgIpc) is 2.59. The highest BCUT2D eigenvalue weighted by molar-refractivity contribution is 5.85. The van der Waals surface area contributed by atoms with Crippen LogP contribution in [0.25, 0.3) is 10.9 Å². The first-order valence-corrected chi connectivity index (χ1v) is 3.81. The van der Waals surface area contributed by atoms with E-state index >= 15 is 0 Å². The molecule has 1 N–H and O–H groups in total. The number of hydrogen-bond donors (Lipinski definition) is 1. The summed E-state index contributed by atoms with van der Waals surface area (Å²) in [5, 5.41) is 17.6. The Balaban J connectivity index is 2.75. The van der Waals surface area contributed by atoms with Crippen LogP contribution in [0.3, 0.4) is 0 Å². The van der Waals surface area contributed by atoms with Gasteiger partial charge in [-0.15, -0.1) is 6.42 Å². The van der Waals surface area contributed by atoms with Crippen molar-refractivity contribution in [2.45, 2.75) is 0 Å². The molecule has 0 saturated heterocycles. The number of aromatic amines is 1. The molecule has 68 valence electrons. The molecule has 0 aliphatic heterocycles. The van der Waals surface area contributed by atoms with Gasteiger partial charge < -0.3 is 0 Å². The molecule has 1 heterocycles. The van der Waals surface area contributed by atoms with Gasteiger partial charge in [0.05, 0.1) is 10.4 Å². The third kappa shape index (κ3) is 1.10. The Morgan fingerprint density at radius 2 is 2.36 bits per heavy atom. The van der Waals surface area contributed by atoms with Crippen molar-refractivity contribution >= 4 is 16.6 Å². The molecule has 0 amide bonds. The molecule has 14 heavy (non-hydrogen) atoms. The molecule has 1 aromatic carbocycles. The Labute approximate surface area is 78.9 Å². The number of H-pyrrole nitrogens is 1. The molecule has 0 unspecified atom stereocenters. The molecule has 0 radical (unpaired) electrons. The highest BCUT2D eigenvalue weighted by Gasteiger charge is 2.09. The number of aromatic nitrogens is 2. The molecule has 5 heteroatoms. The number of nitro groups is 1. The van der Waals surface area contributed by atoms with Crippen molar-refractivity contribution in [3.63, 3.8) is 0 Å². The van der Waals surface area contributed by atoms with Crippen LogP contribution in [0.15, 0.2) is 18.2 Å². The Kier molecular flexibility index (Phi) is 1.68. The lowest BCUT2D eigenvalue weighted by Gasteiger charge is -1.90. The van der Waals surface area contributed by atoms with E-state index in [1.165, 1.54) is 12.1 Å². The first kappa shape index (κ1) is 8.26. The SMILES string of the molecule is C#Cc1[nH]nc2ccc([N+](=O)[O-])cc12. The summed E-state index contributed by atoms with van der Waals surface area (Å²) in [4.78, 5) is 10.0. The molecule has 5 nitrogen and oxygen atoms in total. The normalized spacial score (nSPS) is 9.93. The van der Waals surface area contributed by atoms with Crippen LogP contribution < -0.4 is 0 Å². The molecule has 0 aliphatic carbocycles. The second kappa shape index (κ2) is 2.85. The van der Waals surface area contributed by atoms with E-state index in [4.69, 9.17) is 6.42 Å². The first-order valence-electron chi connectivity index (χ1n) is 3.81. The summed E-state index contributed by atoms with van der Waals surface area (Å²) in [7, 11) is 0. The van der Waals surface area contributed by atoms with E-state index in [0.29, 0.717) is 16.6 Å².